The van der Waals surface area contributed by atoms with Crippen molar-refractivity contribution in [3.8, 4) is 5.69 Å². The first kappa shape index (κ1) is 16.5. The van der Waals surface area contributed by atoms with Crippen LogP contribution in [-0.4, -0.2) is 21.9 Å². The Labute approximate surface area is 155 Å². The molecule has 0 N–H and O–H groups in total. The Balaban J connectivity index is 2.07. The van der Waals surface area contributed by atoms with Crippen molar-refractivity contribution in [1.82, 2.24) is 14.8 Å². The number of hydrogen-bond acceptors (Lipinski definition) is 4. The second-order valence-electron chi connectivity index (χ2n) is 5.75. The summed E-state index contributed by atoms with van der Waals surface area (Å²) in [6.07, 6.45) is 0. The average molecular weight is 376 g/mol. The molecule has 0 spiro atoms. The third kappa shape index (κ3) is 2.47. The van der Waals surface area contributed by atoms with Gasteiger partial charge in [0, 0.05) is 28.3 Å². The number of hydrogen-bond donors (Lipinski definition) is 0. The van der Waals surface area contributed by atoms with E-state index in [1.807, 2.05) is 54.0 Å². The van der Waals surface area contributed by atoms with Gasteiger partial charge < -0.3 is 9.47 Å². The SMILES string of the molecule is COC1(c2ccccc2Cl)OCc2nnc(C)n2-c2ccc(Cl)cc21. The van der Waals surface area contributed by atoms with Gasteiger partial charge in [0.1, 0.15) is 12.4 Å². The van der Waals surface area contributed by atoms with Gasteiger partial charge in [-0.3, -0.25) is 4.57 Å². The van der Waals surface area contributed by atoms with Crippen LogP contribution in [-0.2, 0) is 21.9 Å². The van der Waals surface area contributed by atoms with Gasteiger partial charge in [0.05, 0.1) is 5.69 Å². The summed E-state index contributed by atoms with van der Waals surface area (Å²) >= 11 is 12.8. The van der Waals surface area contributed by atoms with Crippen molar-refractivity contribution in [3.63, 3.8) is 0 Å². The van der Waals surface area contributed by atoms with Gasteiger partial charge in [0.25, 0.3) is 0 Å². The Kier molecular flexibility index (Phi) is 4.04. The smallest absolute Gasteiger partial charge is 0.226 e. The molecular weight excluding hydrogens is 361 g/mol. The van der Waals surface area contributed by atoms with Crippen LogP contribution in [0.5, 0.6) is 0 Å². The second kappa shape index (κ2) is 6.11. The lowest BCUT2D eigenvalue weighted by Crippen LogP contribution is -2.33. The minimum absolute atomic E-state index is 0.214. The third-order valence-electron chi connectivity index (χ3n) is 4.37. The number of aromatic nitrogens is 3. The Hall–Kier alpha value is -1.92. The van der Waals surface area contributed by atoms with Crippen molar-refractivity contribution in [2.24, 2.45) is 0 Å². The quantitative estimate of drug-likeness (QED) is 0.671. The number of benzene rings is 2. The predicted octanol–water partition coefficient (Wildman–Crippen LogP) is 4.26. The van der Waals surface area contributed by atoms with E-state index in [2.05, 4.69) is 10.2 Å². The monoisotopic (exact) mass is 375 g/mol. The molecule has 0 saturated carbocycles. The molecule has 0 aliphatic carbocycles. The van der Waals surface area contributed by atoms with E-state index in [-0.39, 0.29) is 6.61 Å². The lowest BCUT2D eigenvalue weighted by atomic mass is 9.95. The van der Waals surface area contributed by atoms with Crippen LogP contribution in [0.4, 0.5) is 0 Å². The fourth-order valence-electron chi connectivity index (χ4n) is 3.25. The molecule has 0 bridgehead atoms. The molecule has 7 heteroatoms. The molecule has 3 aromatic rings. The highest BCUT2D eigenvalue weighted by Gasteiger charge is 2.42. The van der Waals surface area contributed by atoms with E-state index in [1.165, 1.54) is 0 Å². The molecule has 5 nitrogen and oxygen atoms in total. The van der Waals surface area contributed by atoms with E-state index in [1.54, 1.807) is 7.11 Å². The highest BCUT2D eigenvalue weighted by Crippen LogP contribution is 2.44. The van der Waals surface area contributed by atoms with Gasteiger partial charge in [0.15, 0.2) is 5.82 Å². The number of nitrogens with zero attached hydrogens (tertiary/aromatic N) is 3. The summed E-state index contributed by atoms with van der Waals surface area (Å²) in [5.41, 5.74) is 2.30. The zero-order valence-electron chi connectivity index (χ0n) is 13.7. The van der Waals surface area contributed by atoms with Crippen LogP contribution in [0.15, 0.2) is 42.5 Å². The lowest BCUT2D eigenvalue weighted by Gasteiger charge is -2.33. The van der Waals surface area contributed by atoms with Crippen LogP contribution in [0.1, 0.15) is 22.8 Å². The van der Waals surface area contributed by atoms with Crippen molar-refractivity contribution in [1.29, 1.82) is 0 Å². The topological polar surface area (TPSA) is 49.2 Å². The zero-order chi connectivity index (χ0) is 17.6. The van der Waals surface area contributed by atoms with Crippen LogP contribution in [0, 0.1) is 6.92 Å². The molecule has 1 aliphatic rings. The van der Waals surface area contributed by atoms with E-state index in [4.69, 9.17) is 32.7 Å². The molecule has 0 fully saturated rings. The van der Waals surface area contributed by atoms with Crippen LogP contribution in [0.2, 0.25) is 10.0 Å². The zero-order valence-corrected chi connectivity index (χ0v) is 15.2. The fraction of sp³-hybridized carbons (Fsp3) is 0.222. The number of halogens is 2. The first-order valence-electron chi connectivity index (χ1n) is 7.72. The Morgan fingerprint density at radius 3 is 2.68 bits per heavy atom. The first-order valence-corrected chi connectivity index (χ1v) is 8.48. The van der Waals surface area contributed by atoms with Gasteiger partial charge in [-0.05, 0) is 31.2 Å². The average Bonchev–Trinajstić information content (AvgIpc) is 2.91. The molecule has 0 radical (unpaired) electrons. The molecule has 128 valence electrons. The van der Waals surface area contributed by atoms with E-state index in [0.717, 1.165) is 17.1 Å². The molecule has 1 aliphatic heterocycles. The van der Waals surface area contributed by atoms with Crippen LogP contribution >= 0.6 is 23.2 Å². The highest BCUT2D eigenvalue weighted by molar-refractivity contribution is 6.31. The van der Waals surface area contributed by atoms with E-state index >= 15 is 0 Å². The summed E-state index contributed by atoms with van der Waals surface area (Å²) < 4.78 is 14.1. The standard InChI is InChI=1S/C18H15Cl2N3O2/c1-11-21-22-17-10-25-18(24-2,13-5-3-4-6-15(13)20)14-9-12(19)7-8-16(14)23(11)17/h3-9H,10H2,1-2H3. The molecule has 1 aromatic heterocycles. The molecule has 2 heterocycles. The normalized spacial score (nSPS) is 19.2. The number of methoxy groups -OCH3 is 1. The van der Waals surface area contributed by atoms with Gasteiger partial charge in [-0.25, -0.2) is 0 Å². The minimum atomic E-state index is -1.20. The number of fused-ring (bicyclic) bond motifs is 3. The maximum absolute atomic E-state index is 6.47. The summed E-state index contributed by atoms with van der Waals surface area (Å²) in [4.78, 5) is 0. The number of rotatable bonds is 2. The highest BCUT2D eigenvalue weighted by atomic mass is 35.5. The lowest BCUT2D eigenvalue weighted by molar-refractivity contribution is -0.208. The van der Waals surface area contributed by atoms with E-state index in [9.17, 15) is 0 Å². The maximum atomic E-state index is 6.47. The largest absolute Gasteiger partial charge is 0.345 e. The molecule has 25 heavy (non-hydrogen) atoms. The van der Waals surface area contributed by atoms with Crippen LogP contribution < -0.4 is 0 Å². The number of aryl methyl sites for hydroxylation is 1. The minimum Gasteiger partial charge on any atom is -0.345 e. The van der Waals surface area contributed by atoms with Crippen molar-refractivity contribution in [2.45, 2.75) is 19.3 Å². The summed E-state index contributed by atoms with van der Waals surface area (Å²) in [6, 6.07) is 13.0. The van der Waals surface area contributed by atoms with Gasteiger partial charge in [-0.1, -0.05) is 41.4 Å². The van der Waals surface area contributed by atoms with Crippen molar-refractivity contribution < 1.29 is 9.47 Å². The fourth-order valence-corrected chi connectivity index (χ4v) is 3.69. The van der Waals surface area contributed by atoms with Crippen molar-refractivity contribution >= 4 is 23.2 Å². The van der Waals surface area contributed by atoms with Gasteiger partial charge in [-0.15, -0.1) is 10.2 Å². The van der Waals surface area contributed by atoms with Crippen molar-refractivity contribution in [3.05, 3.63) is 75.3 Å². The summed E-state index contributed by atoms with van der Waals surface area (Å²) in [5, 5.41) is 9.50. The summed E-state index contributed by atoms with van der Waals surface area (Å²) in [5.74, 6) is 0.242. The molecule has 4 rings (SSSR count). The van der Waals surface area contributed by atoms with Crippen LogP contribution in [0.3, 0.4) is 0 Å². The molecule has 2 aromatic carbocycles. The van der Waals surface area contributed by atoms with E-state index < -0.39 is 5.79 Å². The van der Waals surface area contributed by atoms with E-state index in [0.29, 0.717) is 21.4 Å². The van der Waals surface area contributed by atoms with Gasteiger partial charge in [0.2, 0.25) is 5.79 Å². The Bertz CT molecular complexity index is 957. The third-order valence-corrected chi connectivity index (χ3v) is 4.93. The van der Waals surface area contributed by atoms with Crippen LogP contribution in [0.25, 0.3) is 5.69 Å². The van der Waals surface area contributed by atoms with Crippen molar-refractivity contribution in [2.75, 3.05) is 7.11 Å². The first-order chi connectivity index (χ1) is 12.1. The maximum Gasteiger partial charge on any atom is 0.226 e. The molecule has 0 saturated heterocycles. The Morgan fingerprint density at radius 2 is 1.92 bits per heavy atom. The molecule has 1 unspecified atom stereocenters. The second-order valence-corrected chi connectivity index (χ2v) is 6.59. The summed E-state index contributed by atoms with van der Waals surface area (Å²) in [6.45, 7) is 2.11. The predicted molar refractivity (Wildman–Crippen MR) is 95.1 cm³/mol. The van der Waals surface area contributed by atoms with Gasteiger partial charge >= 0.3 is 0 Å². The molecule has 1 atom stereocenters. The Morgan fingerprint density at radius 1 is 1.12 bits per heavy atom. The number of ether oxygens (including phenoxy) is 2. The summed E-state index contributed by atoms with van der Waals surface area (Å²) in [7, 11) is 1.59. The van der Waals surface area contributed by atoms with Gasteiger partial charge in [-0.2, -0.15) is 0 Å². The molecular formula is C18H15Cl2N3O2. The molecule has 0 amide bonds.